The van der Waals surface area contributed by atoms with Gasteiger partial charge in [0, 0.05) is 40.1 Å². The predicted molar refractivity (Wildman–Crippen MR) is 262 cm³/mol. The number of hydrogen-bond donors (Lipinski definition) is 5. The second kappa shape index (κ2) is 21.7. The summed E-state index contributed by atoms with van der Waals surface area (Å²) in [6.45, 7) is 15.2. The molecule has 2 heterocycles. The molecule has 2 aliphatic heterocycles. The third-order valence-electron chi connectivity index (χ3n) is 13.1. The Morgan fingerprint density at radius 2 is 1.62 bits per heavy atom. The fraction of sp³-hybridized carbons (Fsp3) is 0.385. The Morgan fingerprint density at radius 1 is 0.901 bits per heavy atom. The van der Waals surface area contributed by atoms with Gasteiger partial charge >= 0.3 is 0 Å². The van der Waals surface area contributed by atoms with Crippen LogP contribution in [0, 0.1) is 35.5 Å². The van der Waals surface area contributed by atoms with Crippen LogP contribution < -0.4 is 31.3 Å². The number of unbranched alkanes of at least 4 members (excludes halogenated alkanes) is 1. The van der Waals surface area contributed by atoms with Gasteiger partial charge < -0.3 is 30.8 Å². The van der Waals surface area contributed by atoms with Crippen molar-refractivity contribution in [2.24, 2.45) is 17.3 Å². The van der Waals surface area contributed by atoms with Gasteiger partial charge in [-0.15, -0.1) is 0 Å². The largest absolute Gasteiger partial charge is 0.495 e. The van der Waals surface area contributed by atoms with E-state index in [2.05, 4.69) is 31.4 Å². The topological polar surface area (TPSA) is 196 Å². The molecule has 4 aromatic rings. The van der Waals surface area contributed by atoms with E-state index in [1.54, 1.807) is 0 Å². The van der Waals surface area contributed by atoms with Crippen molar-refractivity contribution in [1.29, 1.82) is 0 Å². The Labute approximate surface area is 419 Å². The molecule has 1 saturated carbocycles. The molecule has 2 fully saturated rings. The maximum absolute atomic E-state index is 16.1. The Kier molecular flexibility index (Phi) is 15.9. The average Bonchev–Trinajstić information content (AvgIpc) is 3.69. The molecule has 372 valence electrons. The Hall–Kier alpha value is -6.74. The first kappa shape index (κ1) is 52.1. The van der Waals surface area contributed by atoms with Gasteiger partial charge in [-0.2, -0.15) is 0 Å². The molecule has 3 aliphatic rings. The Morgan fingerprint density at radius 3 is 2.31 bits per heavy atom. The Balaban J connectivity index is 0.950. The summed E-state index contributed by atoms with van der Waals surface area (Å²) in [7, 11) is 1.37. The van der Waals surface area contributed by atoms with Crippen LogP contribution in [-0.4, -0.2) is 79.0 Å². The van der Waals surface area contributed by atoms with E-state index in [4.69, 9.17) is 34.5 Å². The van der Waals surface area contributed by atoms with Crippen LogP contribution in [-0.2, 0) is 24.7 Å². The molecular weight excluding hydrogens is 960 g/mol. The van der Waals surface area contributed by atoms with E-state index in [0.29, 0.717) is 32.2 Å². The second-order valence-corrected chi connectivity index (χ2v) is 20.0. The third kappa shape index (κ3) is 11.1. The molecule has 5 atom stereocenters. The van der Waals surface area contributed by atoms with Crippen LogP contribution in [0.3, 0.4) is 0 Å². The lowest BCUT2D eigenvalue weighted by molar-refractivity contribution is -0.131. The zero-order valence-electron chi connectivity index (χ0n) is 39.5. The van der Waals surface area contributed by atoms with Crippen LogP contribution in [0.25, 0.3) is 4.85 Å². The fourth-order valence-corrected chi connectivity index (χ4v) is 10.4. The van der Waals surface area contributed by atoms with Crippen LogP contribution in [0.2, 0.25) is 10.0 Å². The molecule has 71 heavy (non-hydrogen) atoms. The third-order valence-corrected chi connectivity index (χ3v) is 13.6. The molecule has 1 saturated heterocycles. The van der Waals surface area contributed by atoms with Crippen LogP contribution in [0.15, 0.2) is 72.8 Å². The standard InChI is InChI=1S/C52H53Cl2F2N7O8/c1-51(2,3)26-29-23-34(45(32-17-15-30(53)24-36(32)55)52(29,57-4)35-18-16-31(54)25-37(35)56)47(67)61-38-19-14-28(22-41(38)71-5)46(66)59-21-7-6-20-58-27-43(65)60-39-11-8-10-33-44(39)50(70)63(49(33)69)40-12-9-13-42(64)62-48(40)68/h8,10-11,14-19,22,24-25,29,34,40,45,58H,6-7,9,12-13,20-21,23,26-27H2,1-3,5H3,(H,59,66)(H,60,65)(H,61,67)(H,62,64,68)/t29-,34+,40-,45?,52-/m0/s1. The summed E-state index contributed by atoms with van der Waals surface area (Å²) in [5, 5.41) is 13.9. The van der Waals surface area contributed by atoms with Crippen LogP contribution in [0.1, 0.15) is 114 Å². The molecule has 7 amide bonds. The van der Waals surface area contributed by atoms with E-state index >= 15 is 8.78 Å². The summed E-state index contributed by atoms with van der Waals surface area (Å²) in [6, 6.07) is 15.8. The average molecular weight is 1010 g/mol. The van der Waals surface area contributed by atoms with Crippen molar-refractivity contribution >= 4 is 75.9 Å². The number of carbonyl (C=O) groups is 7. The van der Waals surface area contributed by atoms with Crippen LogP contribution in [0.5, 0.6) is 5.75 Å². The quantitative estimate of drug-likeness (QED) is 0.0416. The van der Waals surface area contributed by atoms with Crippen molar-refractivity contribution in [2.75, 3.05) is 37.4 Å². The van der Waals surface area contributed by atoms with Crippen molar-refractivity contribution in [3.8, 4) is 5.75 Å². The highest BCUT2D eigenvalue weighted by atomic mass is 35.5. The number of anilines is 2. The predicted octanol–water partition coefficient (Wildman–Crippen LogP) is 8.42. The number of carbonyl (C=O) groups excluding carboxylic acids is 7. The highest BCUT2D eigenvalue weighted by Gasteiger charge is 2.66. The van der Waals surface area contributed by atoms with E-state index in [-0.39, 0.29) is 92.8 Å². The number of nitrogens with one attached hydrogen (secondary N) is 5. The number of rotatable bonds is 16. The van der Waals surface area contributed by atoms with Crippen molar-refractivity contribution in [3.63, 3.8) is 0 Å². The van der Waals surface area contributed by atoms with Crippen molar-refractivity contribution in [2.45, 2.75) is 83.2 Å². The maximum atomic E-state index is 16.1. The first-order chi connectivity index (χ1) is 33.8. The van der Waals surface area contributed by atoms with Crippen LogP contribution in [0.4, 0.5) is 20.2 Å². The van der Waals surface area contributed by atoms with Crippen molar-refractivity contribution < 1.29 is 47.1 Å². The number of nitrogens with zero attached hydrogens (tertiary/aromatic N) is 2. The SMILES string of the molecule is [C-]#[N+][C@@]1(c2ccc(Cl)cc2F)C(c2ccc(Cl)cc2F)[C@H](C(=O)Nc2ccc(C(=O)NCCCCNCC(=O)Nc3cccc4c3C(=O)N([C@H]3CCCC(=O)NC3=O)C4=O)cc2OC)C[C@H]1CC(C)(C)C. The molecule has 0 spiro atoms. The number of ether oxygens (including phenoxy) is 1. The molecular formula is C52H53Cl2F2N7O8. The molecule has 4 aromatic carbocycles. The lowest BCUT2D eigenvalue weighted by Crippen LogP contribution is -2.49. The summed E-state index contributed by atoms with van der Waals surface area (Å²) >= 11 is 12.3. The fourth-order valence-electron chi connectivity index (χ4n) is 10.1. The highest BCUT2D eigenvalue weighted by Crippen LogP contribution is 2.62. The number of hydrogen-bond acceptors (Lipinski definition) is 9. The number of fused-ring (bicyclic) bond motifs is 1. The molecule has 1 unspecified atom stereocenters. The first-order valence-corrected chi connectivity index (χ1v) is 23.9. The molecule has 1 aliphatic carbocycles. The second-order valence-electron chi connectivity index (χ2n) is 19.1. The van der Waals surface area contributed by atoms with E-state index in [0.717, 1.165) is 17.0 Å². The Bertz CT molecular complexity index is 2850. The van der Waals surface area contributed by atoms with Crippen molar-refractivity contribution in [3.05, 3.63) is 134 Å². The van der Waals surface area contributed by atoms with Gasteiger partial charge in [-0.3, -0.25) is 43.8 Å². The minimum absolute atomic E-state index is 0.0122. The van der Waals surface area contributed by atoms with E-state index in [1.807, 2.05) is 20.8 Å². The molecule has 7 rings (SSSR count). The smallest absolute Gasteiger partial charge is 0.270 e. The normalized spacial score (nSPS) is 21.0. The van der Waals surface area contributed by atoms with Crippen molar-refractivity contribution in [1.82, 2.24) is 20.9 Å². The van der Waals surface area contributed by atoms with Gasteiger partial charge in [0.25, 0.3) is 23.3 Å². The number of benzene rings is 4. The van der Waals surface area contributed by atoms with Gasteiger partial charge in [0.2, 0.25) is 23.6 Å². The minimum Gasteiger partial charge on any atom is -0.495 e. The molecule has 0 aromatic heterocycles. The van der Waals surface area contributed by atoms with Gasteiger partial charge in [0.05, 0.1) is 53.6 Å². The molecule has 5 N–H and O–H groups in total. The van der Waals surface area contributed by atoms with Crippen LogP contribution >= 0.6 is 23.2 Å². The maximum Gasteiger partial charge on any atom is 0.270 e. The van der Waals surface area contributed by atoms with Gasteiger partial charge in [-0.05, 0) is 111 Å². The summed E-state index contributed by atoms with van der Waals surface area (Å²) in [5.74, 6) is -8.22. The van der Waals surface area contributed by atoms with Gasteiger partial charge in [-0.25, -0.2) is 15.4 Å². The molecule has 19 heteroatoms. The zero-order valence-corrected chi connectivity index (χ0v) is 41.0. The summed E-state index contributed by atoms with van der Waals surface area (Å²) in [5.41, 5.74) is -1.48. The number of halogens is 4. The number of amides is 7. The monoisotopic (exact) mass is 1010 g/mol. The first-order valence-electron chi connectivity index (χ1n) is 23.2. The van der Waals surface area contributed by atoms with E-state index in [1.165, 1.54) is 67.8 Å². The summed E-state index contributed by atoms with van der Waals surface area (Å²) in [6.07, 6.45) is 2.15. The van der Waals surface area contributed by atoms with E-state index in [9.17, 15) is 33.6 Å². The highest BCUT2D eigenvalue weighted by molar-refractivity contribution is 6.31. The summed E-state index contributed by atoms with van der Waals surface area (Å²) in [4.78, 5) is 96.9. The van der Waals surface area contributed by atoms with E-state index < -0.39 is 82.3 Å². The minimum atomic E-state index is -1.73. The number of methoxy groups -OCH3 is 1. The summed E-state index contributed by atoms with van der Waals surface area (Å²) < 4.78 is 37.8. The molecule has 0 radical (unpaired) electrons. The number of imide groups is 2. The molecule has 15 nitrogen and oxygen atoms in total. The van der Waals surface area contributed by atoms with Gasteiger partial charge in [-0.1, -0.05) is 56.1 Å². The lowest BCUT2D eigenvalue weighted by Gasteiger charge is -2.34. The van der Waals surface area contributed by atoms with Gasteiger partial charge in [0.15, 0.2) is 0 Å². The zero-order chi connectivity index (χ0) is 51.4. The molecule has 0 bridgehead atoms. The van der Waals surface area contributed by atoms with Gasteiger partial charge in [0.1, 0.15) is 23.4 Å². The lowest BCUT2D eigenvalue weighted by atomic mass is 9.67.